The SMILES string of the molecule is CCCCCCOc1ccc(C=C(OCC)C(=O)O)cc1. The molecule has 0 spiro atoms. The monoisotopic (exact) mass is 292 g/mol. The average molecular weight is 292 g/mol. The van der Waals surface area contributed by atoms with E-state index in [9.17, 15) is 4.79 Å². The summed E-state index contributed by atoms with van der Waals surface area (Å²) in [7, 11) is 0. The summed E-state index contributed by atoms with van der Waals surface area (Å²) < 4.78 is 10.7. The number of carboxylic acid groups (broad SMARTS) is 1. The minimum Gasteiger partial charge on any atom is -0.494 e. The molecule has 1 N–H and O–H groups in total. The topological polar surface area (TPSA) is 55.8 Å². The van der Waals surface area contributed by atoms with Crippen LogP contribution in [0.3, 0.4) is 0 Å². The van der Waals surface area contributed by atoms with E-state index in [0.717, 1.165) is 17.7 Å². The van der Waals surface area contributed by atoms with Gasteiger partial charge in [0.25, 0.3) is 0 Å². The highest BCUT2D eigenvalue weighted by molar-refractivity contribution is 5.89. The maximum absolute atomic E-state index is 11.0. The molecule has 0 heterocycles. The molecule has 116 valence electrons. The van der Waals surface area contributed by atoms with Gasteiger partial charge in [-0.15, -0.1) is 0 Å². The van der Waals surface area contributed by atoms with Crippen LogP contribution in [0.25, 0.3) is 6.08 Å². The fourth-order valence-electron chi connectivity index (χ4n) is 1.85. The molecule has 1 aromatic carbocycles. The Labute approximate surface area is 126 Å². The highest BCUT2D eigenvalue weighted by atomic mass is 16.5. The van der Waals surface area contributed by atoms with Crippen LogP contribution < -0.4 is 4.74 Å². The number of unbranched alkanes of at least 4 members (excludes halogenated alkanes) is 3. The molecular formula is C17H24O4. The van der Waals surface area contributed by atoms with Crippen LogP contribution in [0, 0.1) is 0 Å². The molecule has 0 radical (unpaired) electrons. The zero-order valence-corrected chi connectivity index (χ0v) is 12.8. The third-order valence-corrected chi connectivity index (χ3v) is 2.96. The maximum atomic E-state index is 11.0. The fourth-order valence-corrected chi connectivity index (χ4v) is 1.85. The molecule has 1 rings (SSSR count). The van der Waals surface area contributed by atoms with E-state index in [4.69, 9.17) is 14.6 Å². The van der Waals surface area contributed by atoms with Crippen molar-refractivity contribution in [1.29, 1.82) is 0 Å². The van der Waals surface area contributed by atoms with Gasteiger partial charge in [-0.3, -0.25) is 0 Å². The molecule has 4 heteroatoms. The van der Waals surface area contributed by atoms with Gasteiger partial charge in [-0.1, -0.05) is 38.3 Å². The average Bonchev–Trinajstić information content (AvgIpc) is 2.48. The van der Waals surface area contributed by atoms with Gasteiger partial charge in [-0.2, -0.15) is 0 Å². The second-order valence-corrected chi connectivity index (χ2v) is 4.72. The summed E-state index contributed by atoms with van der Waals surface area (Å²) >= 11 is 0. The van der Waals surface area contributed by atoms with Crippen LogP contribution in [0.4, 0.5) is 0 Å². The predicted octanol–water partition coefficient (Wildman–Crippen LogP) is 4.11. The minimum atomic E-state index is -1.06. The van der Waals surface area contributed by atoms with Crippen LogP contribution in [0.5, 0.6) is 5.75 Å². The van der Waals surface area contributed by atoms with Crippen LogP contribution in [-0.4, -0.2) is 24.3 Å². The Balaban J connectivity index is 2.53. The van der Waals surface area contributed by atoms with Crippen molar-refractivity contribution in [3.63, 3.8) is 0 Å². The Kier molecular flexibility index (Phi) is 8.02. The molecule has 0 fully saturated rings. The largest absolute Gasteiger partial charge is 0.494 e. The molecule has 21 heavy (non-hydrogen) atoms. The molecule has 0 aliphatic heterocycles. The molecule has 0 unspecified atom stereocenters. The number of benzene rings is 1. The molecule has 0 aromatic heterocycles. The second kappa shape index (κ2) is 9.86. The van der Waals surface area contributed by atoms with Gasteiger partial charge in [-0.05, 0) is 37.1 Å². The van der Waals surface area contributed by atoms with Gasteiger partial charge in [0.2, 0.25) is 5.76 Å². The molecule has 0 bridgehead atoms. The van der Waals surface area contributed by atoms with Gasteiger partial charge in [0, 0.05) is 0 Å². The van der Waals surface area contributed by atoms with E-state index in [2.05, 4.69) is 6.92 Å². The number of carbonyl (C=O) groups is 1. The van der Waals surface area contributed by atoms with E-state index in [-0.39, 0.29) is 5.76 Å². The van der Waals surface area contributed by atoms with Crippen molar-refractivity contribution in [3.05, 3.63) is 35.6 Å². The Morgan fingerprint density at radius 1 is 1.14 bits per heavy atom. The van der Waals surface area contributed by atoms with Crippen molar-refractivity contribution < 1.29 is 19.4 Å². The summed E-state index contributed by atoms with van der Waals surface area (Å²) in [5.41, 5.74) is 0.777. The van der Waals surface area contributed by atoms with Crippen LogP contribution >= 0.6 is 0 Å². The summed E-state index contributed by atoms with van der Waals surface area (Å²) in [6, 6.07) is 7.33. The fraction of sp³-hybridized carbons (Fsp3) is 0.471. The first kappa shape index (κ1) is 17.1. The number of carboxylic acids is 1. The van der Waals surface area contributed by atoms with Gasteiger partial charge >= 0.3 is 5.97 Å². The molecular weight excluding hydrogens is 268 g/mol. The molecule has 0 amide bonds. The molecule has 1 aromatic rings. The standard InChI is InChI=1S/C17H24O4/c1-3-5-6-7-12-21-15-10-8-14(9-11-15)13-16(17(18)19)20-4-2/h8-11,13H,3-7,12H2,1-2H3,(H,18,19). The van der Waals surface area contributed by atoms with Gasteiger partial charge in [0.1, 0.15) is 5.75 Å². The van der Waals surface area contributed by atoms with Gasteiger partial charge in [-0.25, -0.2) is 4.79 Å². The van der Waals surface area contributed by atoms with Crippen molar-refractivity contribution in [1.82, 2.24) is 0 Å². The lowest BCUT2D eigenvalue weighted by atomic mass is 10.2. The lowest BCUT2D eigenvalue weighted by Gasteiger charge is -2.07. The summed E-state index contributed by atoms with van der Waals surface area (Å²) in [4.78, 5) is 11.0. The van der Waals surface area contributed by atoms with Crippen molar-refractivity contribution in [2.45, 2.75) is 39.5 Å². The van der Waals surface area contributed by atoms with Gasteiger partial charge in [0.15, 0.2) is 0 Å². The Morgan fingerprint density at radius 2 is 1.86 bits per heavy atom. The second-order valence-electron chi connectivity index (χ2n) is 4.72. The number of hydrogen-bond donors (Lipinski definition) is 1. The normalized spacial score (nSPS) is 11.2. The zero-order valence-electron chi connectivity index (χ0n) is 12.8. The number of aliphatic carboxylic acids is 1. The molecule has 0 atom stereocenters. The Bertz CT molecular complexity index is 448. The number of hydrogen-bond acceptors (Lipinski definition) is 3. The maximum Gasteiger partial charge on any atom is 0.371 e. The van der Waals surface area contributed by atoms with Gasteiger partial charge < -0.3 is 14.6 Å². The smallest absolute Gasteiger partial charge is 0.371 e. The third kappa shape index (κ3) is 6.84. The predicted molar refractivity (Wildman–Crippen MR) is 83.3 cm³/mol. The Hall–Kier alpha value is -1.97. The van der Waals surface area contributed by atoms with Crippen LogP contribution in [0.1, 0.15) is 45.1 Å². The summed E-state index contributed by atoms with van der Waals surface area (Å²) in [6.07, 6.45) is 6.21. The van der Waals surface area contributed by atoms with E-state index in [1.165, 1.54) is 25.3 Å². The van der Waals surface area contributed by atoms with E-state index in [0.29, 0.717) is 13.2 Å². The quantitative estimate of drug-likeness (QED) is 0.400. The van der Waals surface area contributed by atoms with Crippen molar-refractivity contribution in [3.8, 4) is 5.75 Å². The summed E-state index contributed by atoms with van der Waals surface area (Å²) in [6.45, 7) is 4.98. The van der Waals surface area contributed by atoms with Crippen molar-refractivity contribution in [2.24, 2.45) is 0 Å². The molecule has 0 aliphatic rings. The minimum absolute atomic E-state index is 0.0502. The highest BCUT2D eigenvalue weighted by Gasteiger charge is 2.07. The summed E-state index contributed by atoms with van der Waals surface area (Å²) in [5.74, 6) is -0.309. The van der Waals surface area contributed by atoms with E-state index < -0.39 is 5.97 Å². The van der Waals surface area contributed by atoms with Gasteiger partial charge in [0.05, 0.1) is 13.2 Å². The van der Waals surface area contributed by atoms with Crippen LogP contribution in [0.15, 0.2) is 30.0 Å². The van der Waals surface area contributed by atoms with Crippen molar-refractivity contribution >= 4 is 12.0 Å². The molecule has 4 nitrogen and oxygen atoms in total. The summed E-state index contributed by atoms with van der Waals surface area (Å²) in [5, 5.41) is 8.99. The van der Waals surface area contributed by atoms with E-state index in [1.807, 2.05) is 24.3 Å². The first-order valence-corrected chi connectivity index (χ1v) is 7.48. The molecule has 0 aliphatic carbocycles. The zero-order chi connectivity index (χ0) is 15.5. The van der Waals surface area contributed by atoms with Crippen LogP contribution in [-0.2, 0) is 9.53 Å². The first-order chi connectivity index (χ1) is 10.2. The lowest BCUT2D eigenvalue weighted by Crippen LogP contribution is -2.04. The third-order valence-electron chi connectivity index (χ3n) is 2.96. The molecule has 0 saturated heterocycles. The number of rotatable bonds is 10. The van der Waals surface area contributed by atoms with Crippen LogP contribution in [0.2, 0.25) is 0 Å². The number of ether oxygens (including phenoxy) is 2. The molecule has 0 saturated carbocycles. The lowest BCUT2D eigenvalue weighted by molar-refractivity contribution is -0.136. The van der Waals surface area contributed by atoms with E-state index >= 15 is 0 Å². The highest BCUT2D eigenvalue weighted by Crippen LogP contribution is 2.15. The van der Waals surface area contributed by atoms with E-state index in [1.54, 1.807) is 6.92 Å². The Morgan fingerprint density at radius 3 is 2.43 bits per heavy atom. The van der Waals surface area contributed by atoms with Crippen molar-refractivity contribution in [2.75, 3.05) is 13.2 Å². The first-order valence-electron chi connectivity index (χ1n) is 7.48.